The van der Waals surface area contributed by atoms with Crippen molar-refractivity contribution in [3.05, 3.63) is 32.8 Å². The van der Waals surface area contributed by atoms with Crippen molar-refractivity contribution in [1.82, 2.24) is 14.7 Å². The van der Waals surface area contributed by atoms with Gasteiger partial charge in [0.15, 0.2) is 0 Å². The molecule has 0 aromatic carbocycles. The van der Waals surface area contributed by atoms with E-state index in [4.69, 9.17) is 5.11 Å². The van der Waals surface area contributed by atoms with Crippen molar-refractivity contribution in [3.63, 3.8) is 0 Å². The van der Waals surface area contributed by atoms with Crippen LogP contribution in [0, 0.1) is 0 Å². The Hall–Kier alpha value is -2.10. The van der Waals surface area contributed by atoms with Crippen LogP contribution in [-0.4, -0.2) is 51.6 Å². The molecule has 20 heavy (non-hydrogen) atoms. The molecule has 0 aliphatic carbocycles. The van der Waals surface area contributed by atoms with Gasteiger partial charge in [-0.2, -0.15) is 13.2 Å². The van der Waals surface area contributed by atoms with E-state index in [0.29, 0.717) is 9.58 Å². The summed E-state index contributed by atoms with van der Waals surface area (Å²) < 4.78 is 37.4. The first-order chi connectivity index (χ1) is 9.23. The number of rotatable bonds is 5. The van der Waals surface area contributed by atoms with Crippen molar-refractivity contribution >= 4 is 5.91 Å². The quantitative estimate of drug-likeness (QED) is 0.722. The lowest BCUT2D eigenvalue weighted by Crippen LogP contribution is -2.44. The minimum Gasteiger partial charge on any atom is -0.395 e. The highest BCUT2D eigenvalue weighted by Crippen LogP contribution is 2.16. The fraction of sp³-hybridized carbons (Fsp3) is 0.500. The van der Waals surface area contributed by atoms with Gasteiger partial charge in [0.1, 0.15) is 13.1 Å². The molecule has 112 valence electrons. The standard InChI is InChI=1S/C10H12F3N3O4/c11-10(12,13)6-15(3-4-17)9(20)5-16-8(19)2-1-7(18)14-16/h1-2,17H,3-6H2,(H,14,18). The molecule has 0 aliphatic rings. The van der Waals surface area contributed by atoms with E-state index in [9.17, 15) is 27.6 Å². The number of aliphatic hydroxyl groups excluding tert-OH is 1. The van der Waals surface area contributed by atoms with Crippen molar-refractivity contribution < 1.29 is 23.1 Å². The van der Waals surface area contributed by atoms with Crippen LogP contribution >= 0.6 is 0 Å². The van der Waals surface area contributed by atoms with Gasteiger partial charge in [-0.25, -0.2) is 4.68 Å². The number of aliphatic hydroxyl groups is 1. The van der Waals surface area contributed by atoms with Gasteiger partial charge in [0.25, 0.3) is 11.1 Å². The van der Waals surface area contributed by atoms with Crippen LogP contribution < -0.4 is 11.1 Å². The average molecular weight is 295 g/mol. The van der Waals surface area contributed by atoms with Crippen molar-refractivity contribution in [3.8, 4) is 0 Å². The molecule has 1 aromatic rings. The number of amides is 1. The third kappa shape index (κ3) is 4.88. The Morgan fingerprint density at radius 1 is 1.35 bits per heavy atom. The van der Waals surface area contributed by atoms with Crippen LogP contribution in [0.15, 0.2) is 21.7 Å². The van der Waals surface area contributed by atoms with Crippen LogP contribution in [0.5, 0.6) is 0 Å². The lowest BCUT2D eigenvalue weighted by Gasteiger charge is -2.23. The largest absolute Gasteiger partial charge is 0.406 e. The zero-order valence-electron chi connectivity index (χ0n) is 10.2. The zero-order chi connectivity index (χ0) is 15.3. The molecule has 0 unspecified atom stereocenters. The van der Waals surface area contributed by atoms with Gasteiger partial charge in [-0.05, 0) is 0 Å². The number of halogens is 3. The fourth-order valence-electron chi connectivity index (χ4n) is 1.44. The van der Waals surface area contributed by atoms with Crippen LogP contribution in [0.25, 0.3) is 0 Å². The van der Waals surface area contributed by atoms with Gasteiger partial charge < -0.3 is 10.0 Å². The summed E-state index contributed by atoms with van der Waals surface area (Å²) in [4.78, 5) is 34.3. The highest BCUT2D eigenvalue weighted by atomic mass is 19.4. The smallest absolute Gasteiger partial charge is 0.395 e. The Morgan fingerprint density at radius 2 is 2.00 bits per heavy atom. The number of aromatic nitrogens is 2. The SMILES string of the molecule is O=C(Cn1[nH]c(=O)ccc1=O)N(CCO)CC(F)(F)F. The second-order valence-electron chi connectivity index (χ2n) is 3.89. The number of aromatic amines is 1. The first-order valence-electron chi connectivity index (χ1n) is 5.48. The maximum Gasteiger partial charge on any atom is 0.406 e. The van der Waals surface area contributed by atoms with E-state index in [-0.39, 0.29) is 0 Å². The van der Waals surface area contributed by atoms with Crippen LogP contribution in [0.1, 0.15) is 0 Å². The summed E-state index contributed by atoms with van der Waals surface area (Å²) in [5.74, 6) is -1.04. The van der Waals surface area contributed by atoms with Gasteiger partial charge in [0.05, 0.1) is 6.61 Å². The minimum atomic E-state index is -4.63. The summed E-state index contributed by atoms with van der Waals surface area (Å²) in [6.07, 6.45) is -4.63. The second-order valence-corrected chi connectivity index (χ2v) is 3.89. The number of nitrogens with zero attached hydrogens (tertiary/aromatic N) is 2. The summed E-state index contributed by atoms with van der Waals surface area (Å²) in [6.45, 7) is -3.46. The van der Waals surface area contributed by atoms with E-state index in [0.717, 1.165) is 12.1 Å². The first kappa shape index (κ1) is 16.0. The molecule has 0 spiro atoms. The number of hydrogen-bond acceptors (Lipinski definition) is 4. The van der Waals surface area contributed by atoms with Crippen LogP contribution in [0.3, 0.4) is 0 Å². The number of nitrogens with one attached hydrogen (secondary N) is 1. The number of carbonyl (C=O) groups is 1. The summed E-state index contributed by atoms with van der Waals surface area (Å²) >= 11 is 0. The van der Waals surface area contributed by atoms with Crippen molar-refractivity contribution in [2.45, 2.75) is 12.7 Å². The topological polar surface area (TPSA) is 95.4 Å². The molecular formula is C10H12F3N3O4. The number of hydrogen-bond donors (Lipinski definition) is 2. The van der Waals surface area contributed by atoms with Gasteiger partial charge in [0.2, 0.25) is 5.91 Å². The molecule has 1 amide bonds. The maximum atomic E-state index is 12.3. The molecule has 1 rings (SSSR count). The molecule has 10 heteroatoms. The zero-order valence-corrected chi connectivity index (χ0v) is 10.2. The normalized spacial score (nSPS) is 11.4. The van der Waals surface area contributed by atoms with Gasteiger partial charge in [-0.15, -0.1) is 0 Å². The number of carbonyl (C=O) groups excluding carboxylic acids is 1. The summed E-state index contributed by atoms with van der Waals surface area (Å²) in [6, 6.07) is 1.83. The highest BCUT2D eigenvalue weighted by Gasteiger charge is 2.32. The van der Waals surface area contributed by atoms with E-state index >= 15 is 0 Å². The molecule has 0 fully saturated rings. The van der Waals surface area contributed by atoms with Crippen molar-refractivity contribution in [2.75, 3.05) is 19.7 Å². The Morgan fingerprint density at radius 3 is 2.55 bits per heavy atom. The predicted molar refractivity (Wildman–Crippen MR) is 61.0 cm³/mol. The Labute approximate surface area is 110 Å². The third-order valence-corrected chi connectivity index (χ3v) is 2.27. The van der Waals surface area contributed by atoms with Gasteiger partial charge in [-0.3, -0.25) is 19.5 Å². The molecule has 0 saturated carbocycles. The summed E-state index contributed by atoms with van der Waals surface area (Å²) in [5.41, 5.74) is -1.39. The van der Waals surface area contributed by atoms with E-state index in [1.165, 1.54) is 0 Å². The first-order valence-corrected chi connectivity index (χ1v) is 5.48. The molecular weight excluding hydrogens is 283 g/mol. The Balaban J connectivity index is 2.88. The van der Waals surface area contributed by atoms with Crippen LogP contribution in [0.4, 0.5) is 13.2 Å². The van der Waals surface area contributed by atoms with Gasteiger partial charge >= 0.3 is 6.18 Å². The molecule has 0 saturated heterocycles. The van der Waals surface area contributed by atoms with Gasteiger partial charge in [0, 0.05) is 18.7 Å². The monoisotopic (exact) mass is 295 g/mol. The second kappa shape index (κ2) is 6.37. The third-order valence-electron chi connectivity index (χ3n) is 2.27. The highest BCUT2D eigenvalue weighted by molar-refractivity contribution is 5.75. The lowest BCUT2D eigenvalue weighted by atomic mass is 10.4. The van der Waals surface area contributed by atoms with E-state index in [1.54, 1.807) is 0 Å². The molecule has 1 heterocycles. The molecule has 2 N–H and O–H groups in total. The Kier molecular flexibility index (Phi) is 5.08. The number of H-pyrrole nitrogens is 1. The maximum absolute atomic E-state index is 12.3. The molecule has 1 aromatic heterocycles. The van der Waals surface area contributed by atoms with E-state index < -0.39 is 49.4 Å². The van der Waals surface area contributed by atoms with Crippen molar-refractivity contribution in [1.29, 1.82) is 0 Å². The Bertz CT molecular complexity index is 578. The molecule has 0 radical (unpaired) electrons. The predicted octanol–water partition coefficient (Wildman–Crippen LogP) is -1.08. The molecule has 7 nitrogen and oxygen atoms in total. The summed E-state index contributed by atoms with van der Waals surface area (Å²) in [7, 11) is 0. The average Bonchev–Trinajstić information content (AvgIpc) is 2.31. The number of alkyl halides is 3. The van der Waals surface area contributed by atoms with E-state index in [1.807, 2.05) is 5.10 Å². The minimum absolute atomic E-state index is 0.359. The fourth-order valence-corrected chi connectivity index (χ4v) is 1.44. The van der Waals surface area contributed by atoms with Crippen LogP contribution in [-0.2, 0) is 11.3 Å². The lowest BCUT2D eigenvalue weighted by molar-refractivity contribution is -0.162. The molecule has 0 atom stereocenters. The van der Waals surface area contributed by atoms with Crippen LogP contribution in [0.2, 0.25) is 0 Å². The van der Waals surface area contributed by atoms with E-state index in [2.05, 4.69) is 0 Å². The molecule has 0 bridgehead atoms. The van der Waals surface area contributed by atoms with Gasteiger partial charge in [-0.1, -0.05) is 0 Å². The molecule has 0 aliphatic heterocycles. The summed E-state index contributed by atoms with van der Waals surface area (Å²) in [5, 5.41) is 10.7. The van der Waals surface area contributed by atoms with Crippen molar-refractivity contribution in [2.24, 2.45) is 0 Å².